The summed E-state index contributed by atoms with van der Waals surface area (Å²) in [5.74, 6) is -0.00682. The predicted molar refractivity (Wildman–Crippen MR) is 121 cm³/mol. The molecule has 1 aromatic rings. The minimum Gasteiger partial charge on any atom is -0.338 e. The number of nitrogens with one attached hydrogen (secondary N) is 2. The van der Waals surface area contributed by atoms with Gasteiger partial charge in [-0.15, -0.1) is 26.3 Å². The van der Waals surface area contributed by atoms with E-state index in [1.54, 1.807) is 4.90 Å². The fourth-order valence-electron chi connectivity index (χ4n) is 2.73. The van der Waals surface area contributed by atoms with Gasteiger partial charge in [0.2, 0.25) is 5.91 Å². The molecule has 0 bridgehead atoms. The normalized spacial score (nSPS) is 15.4. The maximum atomic E-state index is 12.6. The van der Waals surface area contributed by atoms with Gasteiger partial charge in [-0.1, -0.05) is 59.2 Å². The molecule has 0 aromatic heterocycles. The molecule has 0 aliphatic carbocycles. The Morgan fingerprint density at radius 3 is 2.32 bits per heavy atom. The molecule has 0 fully saturated rings. The zero-order valence-electron chi connectivity index (χ0n) is 18.4. The van der Waals surface area contributed by atoms with Crippen molar-refractivity contribution in [3.8, 4) is 0 Å². The van der Waals surface area contributed by atoms with Gasteiger partial charge in [0.15, 0.2) is 0 Å². The van der Waals surface area contributed by atoms with E-state index in [9.17, 15) is 9.59 Å². The molecule has 2 unspecified atom stereocenters. The summed E-state index contributed by atoms with van der Waals surface area (Å²) in [5, 5.41) is 5.87. The van der Waals surface area contributed by atoms with E-state index in [1.807, 2.05) is 58.9 Å². The van der Waals surface area contributed by atoms with Crippen LogP contribution in [0.15, 0.2) is 50.6 Å². The summed E-state index contributed by atoms with van der Waals surface area (Å²) in [7, 11) is 0. The third-order valence-corrected chi connectivity index (χ3v) is 4.19. The first kappa shape index (κ1) is 27.7. The molecule has 1 aliphatic heterocycles. The summed E-state index contributed by atoms with van der Waals surface area (Å²) in [6.45, 7) is 23.1. The maximum Gasteiger partial charge on any atom is 0.318 e. The van der Waals surface area contributed by atoms with Crippen LogP contribution >= 0.6 is 0 Å². The molecular formula is C23H39N3O2. The van der Waals surface area contributed by atoms with Crippen molar-refractivity contribution < 1.29 is 9.59 Å². The van der Waals surface area contributed by atoms with Crippen molar-refractivity contribution in [1.29, 1.82) is 0 Å². The second kappa shape index (κ2) is 16.6. The highest BCUT2D eigenvalue weighted by Gasteiger charge is 2.36. The number of para-hydroxylation sites is 1. The van der Waals surface area contributed by atoms with Gasteiger partial charge < -0.3 is 15.5 Å². The molecule has 28 heavy (non-hydrogen) atoms. The lowest BCUT2D eigenvalue weighted by molar-refractivity contribution is -0.121. The van der Waals surface area contributed by atoms with E-state index in [0.717, 1.165) is 24.1 Å². The average Bonchev–Trinajstić information content (AvgIpc) is 2.91. The lowest BCUT2D eigenvalue weighted by atomic mass is 9.97. The molecule has 3 amide bonds. The first-order valence-corrected chi connectivity index (χ1v) is 10.0. The Hall–Kier alpha value is -2.56. The van der Waals surface area contributed by atoms with Crippen molar-refractivity contribution in [3.63, 3.8) is 0 Å². The van der Waals surface area contributed by atoms with Gasteiger partial charge in [-0.2, -0.15) is 0 Å². The van der Waals surface area contributed by atoms with E-state index in [2.05, 4.69) is 36.9 Å². The lowest BCUT2D eigenvalue weighted by Gasteiger charge is -2.32. The number of fused-ring (bicyclic) bond motifs is 1. The molecule has 5 nitrogen and oxygen atoms in total. The van der Waals surface area contributed by atoms with E-state index in [-0.39, 0.29) is 17.9 Å². The highest BCUT2D eigenvalue weighted by atomic mass is 16.2. The van der Waals surface area contributed by atoms with E-state index in [4.69, 9.17) is 0 Å². The number of rotatable bonds is 4. The largest absolute Gasteiger partial charge is 0.338 e. The number of amides is 3. The van der Waals surface area contributed by atoms with Crippen LogP contribution in [0, 0.1) is 5.92 Å². The van der Waals surface area contributed by atoms with Gasteiger partial charge in [0.05, 0.1) is 6.54 Å². The highest BCUT2D eigenvalue weighted by Crippen LogP contribution is 2.27. The number of hydrogen-bond donors (Lipinski definition) is 2. The van der Waals surface area contributed by atoms with Crippen molar-refractivity contribution in [3.05, 3.63) is 56.1 Å². The molecule has 1 aliphatic rings. The summed E-state index contributed by atoms with van der Waals surface area (Å²) >= 11 is 0. The number of carbonyl (C=O) groups excluding carboxylic acids is 2. The minimum absolute atomic E-state index is 0.0988. The van der Waals surface area contributed by atoms with E-state index < -0.39 is 6.04 Å². The van der Waals surface area contributed by atoms with Crippen LogP contribution in [0.25, 0.3) is 0 Å². The van der Waals surface area contributed by atoms with Gasteiger partial charge in [0.25, 0.3) is 0 Å². The molecule has 0 radical (unpaired) electrons. The Balaban J connectivity index is 0. The first-order valence-electron chi connectivity index (χ1n) is 10.0. The molecule has 158 valence electrons. The van der Waals surface area contributed by atoms with Crippen LogP contribution in [-0.4, -0.2) is 29.4 Å². The molecule has 5 heteroatoms. The quantitative estimate of drug-likeness (QED) is 0.658. The van der Waals surface area contributed by atoms with Crippen LogP contribution in [0.1, 0.15) is 53.0 Å². The summed E-state index contributed by atoms with van der Waals surface area (Å²) < 4.78 is 0. The molecule has 0 saturated heterocycles. The van der Waals surface area contributed by atoms with Gasteiger partial charge in [0, 0.05) is 12.2 Å². The third-order valence-electron chi connectivity index (χ3n) is 4.19. The van der Waals surface area contributed by atoms with Crippen LogP contribution in [0.2, 0.25) is 0 Å². The standard InChI is InChI=1S/C17H25N3O2.C2H6.2C2H4/c1-4-10-18-17(22)20-11-13-8-6-7-9-14(13)19-16(21)15(20)12(3)5-2;3*1-2/h6-9,12,15H,4-5,10-11H2,1-3H3,(H,18,22)(H,19,21);1-2H3;2*1-2H2. The van der Waals surface area contributed by atoms with Crippen molar-refractivity contribution in [2.45, 2.75) is 60.0 Å². The molecule has 2 atom stereocenters. The minimum atomic E-state index is -0.450. The number of urea groups is 1. The number of nitrogens with zero attached hydrogens (tertiary/aromatic N) is 1. The van der Waals surface area contributed by atoms with E-state index >= 15 is 0 Å². The first-order chi connectivity index (χ1) is 13.6. The topological polar surface area (TPSA) is 61.4 Å². The summed E-state index contributed by atoms with van der Waals surface area (Å²) in [4.78, 5) is 26.8. The molecule has 1 heterocycles. The van der Waals surface area contributed by atoms with E-state index in [1.165, 1.54) is 0 Å². The summed E-state index contributed by atoms with van der Waals surface area (Å²) in [5.41, 5.74) is 1.76. The zero-order valence-corrected chi connectivity index (χ0v) is 18.4. The molecule has 2 rings (SSSR count). The van der Waals surface area contributed by atoms with Crippen LogP contribution in [-0.2, 0) is 11.3 Å². The smallest absolute Gasteiger partial charge is 0.318 e. The second-order valence-corrected chi connectivity index (χ2v) is 5.84. The number of anilines is 1. The van der Waals surface area contributed by atoms with Gasteiger partial charge in [-0.25, -0.2) is 4.79 Å². The summed E-state index contributed by atoms with van der Waals surface area (Å²) in [6, 6.07) is 7.04. The van der Waals surface area contributed by atoms with Crippen molar-refractivity contribution >= 4 is 17.6 Å². The monoisotopic (exact) mass is 389 g/mol. The number of carbonyl (C=O) groups is 2. The number of benzene rings is 1. The van der Waals surface area contributed by atoms with E-state index in [0.29, 0.717) is 13.1 Å². The Morgan fingerprint density at radius 1 is 1.21 bits per heavy atom. The fourth-order valence-corrected chi connectivity index (χ4v) is 2.73. The Kier molecular flexibility index (Phi) is 16.4. The van der Waals surface area contributed by atoms with Crippen molar-refractivity contribution in [2.75, 3.05) is 11.9 Å². The van der Waals surface area contributed by atoms with Crippen molar-refractivity contribution in [1.82, 2.24) is 10.2 Å². The molecule has 2 N–H and O–H groups in total. The zero-order chi connectivity index (χ0) is 22.1. The fraction of sp³-hybridized carbons (Fsp3) is 0.478. The summed E-state index contributed by atoms with van der Waals surface area (Å²) in [6.07, 6.45) is 1.71. The Bertz CT molecular complexity index is 573. The van der Waals surface area contributed by atoms with Crippen LogP contribution < -0.4 is 10.6 Å². The SMILES string of the molecule is C=C.C=C.CC.CCCNC(=O)N1Cc2ccccc2NC(=O)C1C(C)CC. The van der Waals surface area contributed by atoms with Crippen molar-refractivity contribution in [2.24, 2.45) is 5.92 Å². The highest BCUT2D eigenvalue weighted by molar-refractivity contribution is 5.98. The van der Waals surface area contributed by atoms with Crippen LogP contribution in [0.4, 0.5) is 10.5 Å². The average molecular weight is 390 g/mol. The third kappa shape index (κ3) is 7.99. The Morgan fingerprint density at radius 2 is 1.79 bits per heavy atom. The molecule has 0 saturated carbocycles. The van der Waals surface area contributed by atoms with Gasteiger partial charge >= 0.3 is 6.03 Å². The van der Waals surface area contributed by atoms with Gasteiger partial charge in [0.1, 0.15) is 6.04 Å². The van der Waals surface area contributed by atoms with Gasteiger partial charge in [-0.3, -0.25) is 4.79 Å². The second-order valence-electron chi connectivity index (χ2n) is 5.84. The van der Waals surface area contributed by atoms with Crippen LogP contribution in [0.5, 0.6) is 0 Å². The maximum absolute atomic E-state index is 12.6. The Labute approximate surface area is 171 Å². The lowest BCUT2D eigenvalue weighted by Crippen LogP contribution is -2.52. The van der Waals surface area contributed by atoms with Gasteiger partial charge in [-0.05, 0) is 24.0 Å². The molecule has 0 spiro atoms. The van der Waals surface area contributed by atoms with Crippen LogP contribution in [0.3, 0.4) is 0 Å². The molecule has 1 aromatic carbocycles. The molecular weight excluding hydrogens is 350 g/mol. The predicted octanol–water partition coefficient (Wildman–Crippen LogP) is 5.61. The number of hydrogen-bond acceptors (Lipinski definition) is 2.